The average molecular weight is 156 g/mol. The van der Waals surface area contributed by atoms with Crippen LogP contribution in [-0.4, -0.2) is 26.0 Å². The zero-order chi connectivity index (χ0) is 8.10. The SMILES string of the molecule is CNC(=O)CNCCC1CC1. The Bertz CT molecular complexity index is 132. The second-order valence-electron chi connectivity index (χ2n) is 3.08. The van der Waals surface area contributed by atoms with Crippen LogP contribution in [0.2, 0.25) is 0 Å². The number of amides is 1. The number of hydrogen-bond acceptors (Lipinski definition) is 2. The molecule has 0 bridgehead atoms. The Morgan fingerprint density at radius 1 is 1.55 bits per heavy atom. The summed E-state index contributed by atoms with van der Waals surface area (Å²) in [4.78, 5) is 10.7. The molecule has 0 spiro atoms. The molecule has 0 aromatic heterocycles. The smallest absolute Gasteiger partial charge is 0.233 e. The third kappa shape index (κ3) is 3.98. The minimum atomic E-state index is 0.0702. The molecular weight excluding hydrogens is 140 g/mol. The fourth-order valence-electron chi connectivity index (χ4n) is 1.00. The zero-order valence-electron chi connectivity index (χ0n) is 7.02. The van der Waals surface area contributed by atoms with Gasteiger partial charge >= 0.3 is 0 Å². The first-order valence-corrected chi connectivity index (χ1v) is 4.24. The lowest BCUT2D eigenvalue weighted by Crippen LogP contribution is -2.31. The van der Waals surface area contributed by atoms with Crippen LogP contribution in [0, 0.1) is 5.92 Å². The Hall–Kier alpha value is -0.570. The number of rotatable bonds is 5. The molecule has 64 valence electrons. The van der Waals surface area contributed by atoms with Gasteiger partial charge in [-0.3, -0.25) is 4.79 Å². The zero-order valence-corrected chi connectivity index (χ0v) is 7.02. The van der Waals surface area contributed by atoms with Crippen LogP contribution in [0.4, 0.5) is 0 Å². The van der Waals surface area contributed by atoms with E-state index in [1.165, 1.54) is 19.3 Å². The molecule has 0 aliphatic heterocycles. The highest BCUT2D eigenvalue weighted by Crippen LogP contribution is 2.31. The number of hydrogen-bond donors (Lipinski definition) is 2. The molecule has 0 saturated heterocycles. The minimum Gasteiger partial charge on any atom is -0.358 e. The van der Waals surface area contributed by atoms with Crippen molar-refractivity contribution in [2.75, 3.05) is 20.1 Å². The van der Waals surface area contributed by atoms with Crippen molar-refractivity contribution in [3.8, 4) is 0 Å². The predicted octanol–water partition coefficient (Wildman–Crippen LogP) is 0.122. The van der Waals surface area contributed by atoms with Crippen LogP contribution < -0.4 is 10.6 Å². The van der Waals surface area contributed by atoms with Crippen molar-refractivity contribution in [3.63, 3.8) is 0 Å². The normalized spacial score (nSPS) is 16.5. The van der Waals surface area contributed by atoms with Crippen LogP contribution in [0.3, 0.4) is 0 Å². The molecule has 0 aromatic carbocycles. The van der Waals surface area contributed by atoms with E-state index in [1.54, 1.807) is 7.05 Å². The van der Waals surface area contributed by atoms with E-state index in [1.807, 2.05) is 0 Å². The summed E-state index contributed by atoms with van der Waals surface area (Å²) in [5, 5.41) is 5.66. The molecule has 1 saturated carbocycles. The first-order chi connectivity index (χ1) is 5.33. The van der Waals surface area contributed by atoms with Gasteiger partial charge in [-0.25, -0.2) is 0 Å². The summed E-state index contributed by atoms with van der Waals surface area (Å²) in [6.07, 6.45) is 4.01. The quantitative estimate of drug-likeness (QED) is 0.555. The van der Waals surface area contributed by atoms with Gasteiger partial charge in [0.1, 0.15) is 0 Å². The van der Waals surface area contributed by atoms with Crippen LogP contribution >= 0.6 is 0 Å². The standard InChI is InChI=1S/C8H16N2O/c1-9-8(11)6-10-5-4-7-2-3-7/h7,10H,2-6H2,1H3,(H,9,11). The molecule has 1 rings (SSSR count). The Balaban J connectivity index is 1.82. The molecule has 0 aromatic rings. The number of carbonyl (C=O) groups excluding carboxylic acids is 1. The maximum atomic E-state index is 10.7. The average Bonchev–Trinajstić information content (AvgIpc) is 2.81. The first kappa shape index (κ1) is 8.53. The lowest BCUT2D eigenvalue weighted by Gasteiger charge is -2.01. The fraction of sp³-hybridized carbons (Fsp3) is 0.875. The molecule has 0 heterocycles. The van der Waals surface area contributed by atoms with Crippen molar-refractivity contribution in [2.24, 2.45) is 5.92 Å². The summed E-state index contributed by atoms with van der Waals surface area (Å²) in [6.45, 7) is 1.45. The molecule has 11 heavy (non-hydrogen) atoms. The van der Waals surface area contributed by atoms with Crippen LogP contribution in [0.1, 0.15) is 19.3 Å². The molecule has 1 aliphatic rings. The van der Waals surface area contributed by atoms with Gasteiger partial charge in [-0.15, -0.1) is 0 Å². The summed E-state index contributed by atoms with van der Waals surface area (Å²) in [7, 11) is 1.66. The second-order valence-corrected chi connectivity index (χ2v) is 3.08. The van der Waals surface area contributed by atoms with E-state index in [0.717, 1.165) is 12.5 Å². The van der Waals surface area contributed by atoms with E-state index < -0.39 is 0 Å². The van der Waals surface area contributed by atoms with E-state index in [4.69, 9.17) is 0 Å². The first-order valence-electron chi connectivity index (χ1n) is 4.24. The summed E-state index contributed by atoms with van der Waals surface area (Å²) < 4.78 is 0. The van der Waals surface area contributed by atoms with Gasteiger partial charge in [-0.05, 0) is 18.9 Å². The van der Waals surface area contributed by atoms with Gasteiger partial charge in [0.25, 0.3) is 0 Å². The van der Waals surface area contributed by atoms with Gasteiger partial charge < -0.3 is 10.6 Å². The van der Waals surface area contributed by atoms with Crippen LogP contribution in [0.25, 0.3) is 0 Å². The maximum Gasteiger partial charge on any atom is 0.233 e. The Morgan fingerprint density at radius 2 is 2.27 bits per heavy atom. The highest BCUT2D eigenvalue weighted by molar-refractivity contribution is 5.77. The Kier molecular flexibility index (Phi) is 3.36. The minimum absolute atomic E-state index is 0.0702. The number of likely N-dealkylation sites (N-methyl/N-ethyl adjacent to an activating group) is 1. The van der Waals surface area contributed by atoms with Crippen molar-refractivity contribution in [2.45, 2.75) is 19.3 Å². The number of nitrogens with one attached hydrogen (secondary N) is 2. The molecular formula is C8H16N2O. The molecule has 3 nitrogen and oxygen atoms in total. The topological polar surface area (TPSA) is 41.1 Å². The summed E-state index contributed by atoms with van der Waals surface area (Å²) in [5.41, 5.74) is 0. The Labute approximate surface area is 67.5 Å². The third-order valence-corrected chi connectivity index (χ3v) is 1.99. The van der Waals surface area contributed by atoms with E-state index in [0.29, 0.717) is 6.54 Å². The summed E-state index contributed by atoms with van der Waals surface area (Å²) in [6, 6.07) is 0. The molecule has 3 heteroatoms. The fourth-order valence-corrected chi connectivity index (χ4v) is 1.00. The van der Waals surface area contributed by atoms with Gasteiger partial charge in [-0.1, -0.05) is 12.8 Å². The van der Waals surface area contributed by atoms with E-state index >= 15 is 0 Å². The van der Waals surface area contributed by atoms with Crippen LogP contribution in [0.15, 0.2) is 0 Å². The van der Waals surface area contributed by atoms with Crippen molar-refractivity contribution in [3.05, 3.63) is 0 Å². The van der Waals surface area contributed by atoms with Crippen molar-refractivity contribution < 1.29 is 4.79 Å². The predicted molar refractivity (Wildman–Crippen MR) is 44.3 cm³/mol. The van der Waals surface area contributed by atoms with E-state index in [2.05, 4.69) is 10.6 Å². The highest BCUT2D eigenvalue weighted by atomic mass is 16.1. The van der Waals surface area contributed by atoms with E-state index in [9.17, 15) is 4.79 Å². The summed E-state index contributed by atoms with van der Waals surface area (Å²) >= 11 is 0. The molecule has 0 radical (unpaired) electrons. The summed E-state index contributed by atoms with van der Waals surface area (Å²) in [5.74, 6) is 1.02. The maximum absolute atomic E-state index is 10.7. The van der Waals surface area contributed by atoms with Gasteiger partial charge in [0.15, 0.2) is 0 Å². The third-order valence-electron chi connectivity index (χ3n) is 1.99. The highest BCUT2D eigenvalue weighted by Gasteiger charge is 2.19. The molecule has 1 amide bonds. The van der Waals surface area contributed by atoms with Crippen LogP contribution in [-0.2, 0) is 4.79 Å². The van der Waals surface area contributed by atoms with Gasteiger partial charge in [0.05, 0.1) is 6.54 Å². The molecule has 0 atom stereocenters. The monoisotopic (exact) mass is 156 g/mol. The van der Waals surface area contributed by atoms with Crippen molar-refractivity contribution in [1.29, 1.82) is 0 Å². The van der Waals surface area contributed by atoms with Gasteiger partial charge in [0, 0.05) is 7.05 Å². The number of carbonyl (C=O) groups is 1. The molecule has 0 unspecified atom stereocenters. The van der Waals surface area contributed by atoms with Crippen molar-refractivity contribution in [1.82, 2.24) is 10.6 Å². The lowest BCUT2D eigenvalue weighted by atomic mass is 10.3. The second kappa shape index (κ2) is 4.34. The van der Waals surface area contributed by atoms with E-state index in [-0.39, 0.29) is 5.91 Å². The van der Waals surface area contributed by atoms with Gasteiger partial charge in [0.2, 0.25) is 5.91 Å². The molecule has 1 fully saturated rings. The van der Waals surface area contributed by atoms with Crippen molar-refractivity contribution >= 4 is 5.91 Å². The van der Waals surface area contributed by atoms with Gasteiger partial charge in [-0.2, -0.15) is 0 Å². The lowest BCUT2D eigenvalue weighted by molar-refractivity contribution is -0.119. The van der Waals surface area contributed by atoms with Crippen LogP contribution in [0.5, 0.6) is 0 Å². The molecule has 1 aliphatic carbocycles. The largest absolute Gasteiger partial charge is 0.358 e. The molecule has 2 N–H and O–H groups in total. The Morgan fingerprint density at radius 3 is 2.82 bits per heavy atom.